The molecule has 0 radical (unpaired) electrons. The van der Waals surface area contributed by atoms with E-state index in [0.29, 0.717) is 39.2 Å². The van der Waals surface area contributed by atoms with Gasteiger partial charge in [0.1, 0.15) is 11.5 Å². The molecule has 2 fully saturated rings. The summed E-state index contributed by atoms with van der Waals surface area (Å²) in [5.74, 6) is 0.259. The van der Waals surface area contributed by atoms with Gasteiger partial charge in [-0.2, -0.15) is 0 Å². The van der Waals surface area contributed by atoms with Crippen LogP contribution in [0.15, 0.2) is 71.6 Å². The molecule has 0 atom stereocenters. The highest BCUT2D eigenvalue weighted by atomic mass is 35.5. The van der Waals surface area contributed by atoms with E-state index in [4.69, 9.17) is 16.3 Å². The smallest absolute Gasteiger partial charge is 0.238 e. The number of nitrogens with zero attached hydrogens (tertiary/aromatic N) is 4. The molecule has 0 spiro atoms. The molecule has 4 aromatic rings. The molecule has 3 aromatic carbocycles. The Morgan fingerprint density at radius 2 is 1.73 bits per heavy atom. The van der Waals surface area contributed by atoms with Gasteiger partial charge in [-0.3, -0.25) is 14.6 Å². The van der Waals surface area contributed by atoms with Gasteiger partial charge in [0.15, 0.2) is 15.7 Å². The van der Waals surface area contributed by atoms with Crippen LogP contribution in [0, 0.1) is 0 Å². The average molecular weight is 635 g/mol. The molecule has 2 aliphatic heterocycles. The fourth-order valence-electron chi connectivity index (χ4n) is 5.71. The minimum Gasteiger partial charge on any atom is -0.497 e. The van der Waals surface area contributed by atoms with Crippen LogP contribution in [0.2, 0.25) is 5.02 Å². The third kappa shape index (κ3) is 6.96. The van der Waals surface area contributed by atoms with Gasteiger partial charge >= 0.3 is 0 Å². The summed E-state index contributed by atoms with van der Waals surface area (Å²) in [6, 6.07) is 19.2. The number of hydrogen-bond acceptors (Lipinski definition) is 9. The first-order valence-corrected chi connectivity index (χ1v) is 16.8. The second kappa shape index (κ2) is 13.1. The van der Waals surface area contributed by atoms with Gasteiger partial charge in [-0.25, -0.2) is 18.4 Å². The molecular weight excluding hydrogens is 600 g/mol. The van der Waals surface area contributed by atoms with Gasteiger partial charge in [0.2, 0.25) is 5.91 Å². The van der Waals surface area contributed by atoms with Crippen LogP contribution >= 0.6 is 11.6 Å². The lowest BCUT2D eigenvalue weighted by atomic mass is 10.0. The number of amides is 1. The molecule has 2 aliphatic rings. The zero-order valence-corrected chi connectivity index (χ0v) is 26.1. The minimum atomic E-state index is -3.88. The van der Waals surface area contributed by atoms with Crippen LogP contribution < -0.4 is 15.4 Å². The quantitative estimate of drug-likeness (QED) is 0.245. The fraction of sp³-hybridized carbons (Fsp3) is 0.344. The molecule has 0 bridgehead atoms. The highest BCUT2D eigenvalue weighted by Gasteiger charge is 2.33. The van der Waals surface area contributed by atoms with Crippen molar-refractivity contribution in [2.75, 3.05) is 50.5 Å². The summed E-state index contributed by atoms with van der Waals surface area (Å²) in [4.78, 5) is 26.9. The van der Waals surface area contributed by atoms with E-state index in [2.05, 4.69) is 30.4 Å². The average Bonchev–Trinajstić information content (AvgIpc) is 3.00. The van der Waals surface area contributed by atoms with E-state index in [0.717, 1.165) is 26.2 Å². The second-order valence-corrected chi connectivity index (χ2v) is 13.7. The molecule has 3 heterocycles. The molecule has 0 saturated carbocycles. The van der Waals surface area contributed by atoms with E-state index in [9.17, 15) is 13.2 Å². The number of methoxy groups -OCH3 is 1. The maximum atomic E-state index is 13.7. The van der Waals surface area contributed by atoms with Gasteiger partial charge in [-0.05, 0) is 68.4 Å². The van der Waals surface area contributed by atoms with Crippen LogP contribution in [0.5, 0.6) is 5.75 Å². The number of carbonyl (C=O) groups excluding carboxylic acids is 1. The van der Waals surface area contributed by atoms with Crippen molar-refractivity contribution in [1.29, 1.82) is 0 Å². The molecule has 0 unspecified atom stereocenters. The summed E-state index contributed by atoms with van der Waals surface area (Å²) in [6.45, 7) is 4.32. The predicted molar refractivity (Wildman–Crippen MR) is 172 cm³/mol. The molecule has 0 aliphatic carbocycles. The molecule has 1 amide bonds. The number of aromatic nitrogens is 2. The summed E-state index contributed by atoms with van der Waals surface area (Å²) in [5, 5.41) is 6.44. The SMILES string of the molecule is COc1ccc(Cl)c(Nc2nc3ccccc3nc2CS(=O)(=O)c2cccc(NC(=O)CN3CC(N4CCCCC4)C3)c2)c1. The Morgan fingerprint density at radius 3 is 2.48 bits per heavy atom. The van der Waals surface area contributed by atoms with E-state index < -0.39 is 15.6 Å². The Balaban J connectivity index is 1.17. The van der Waals surface area contributed by atoms with Crippen molar-refractivity contribution in [3.05, 3.63) is 77.4 Å². The van der Waals surface area contributed by atoms with Gasteiger partial charge in [-0.1, -0.05) is 36.2 Å². The van der Waals surface area contributed by atoms with E-state index in [-0.39, 0.29) is 28.9 Å². The highest BCUT2D eigenvalue weighted by Crippen LogP contribution is 2.32. The van der Waals surface area contributed by atoms with Gasteiger partial charge < -0.3 is 15.4 Å². The molecule has 12 heteroatoms. The first-order chi connectivity index (χ1) is 21.3. The molecule has 2 N–H and O–H groups in total. The number of anilines is 3. The predicted octanol–water partition coefficient (Wildman–Crippen LogP) is 5.12. The van der Waals surface area contributed by atoms with Crippen LogP contribution in [-0.4, -0.2) is 80.0 Å². The summed E-state index contributed by atoms with van der Waals surface area (Å²) >= 11 is 6.42. The van der Waals surface area contributed by atoms with Crippen molar-refractivity contribution >= 4 is 55.6 Å². The van der Waals surface area contributed by atoms with E-state index in [1.807, 2.05) is 12.1 Å². The Bertz CT molecular complexity index is 1770. The zero-order chi connectivity index (χ0) is 30.7. The summed E-state index contributed by atoms with van der Waals surface area (Å²) < 4.78 is 32.7. The van der Waals surface area contributed by atoms with E-state index in [1.54, 1.807) is 49.6 Å². The number of piperidine rings is 1. The van der Waals surface area contributed by atoms with Gasteiger partial charge in [0.25, 0.3) is 0 Å². The summed E-state index contributed by atoms with van der Waals surface area (Å²) in [6.07, 6.45) is 3.80. The van der Waals surface area contributed by atoms with Crippen LogP contribution in [-0.2, 0) is 20.4 Å². The monoisotopic (exact) mass is 634 g/mol. The maximum Gasteiger partial charge on any atom is 0.238 e. The summed E-state index contributed by atoms with van der Waals surface area (Å²) in [7, 11) is -2.33. The lowest BCUT2D eigenvalue weighted by molar-refractivity contribution is -0.119. The van der Waals surface area contributed by atoms with Crippen LogP contribution in [0.1, 0.15) is 25.0 Å². The Kier molecular flexibility index (Phi) is 8.99. The van der Waals surface area contributed by atoms with Gasteiger partial charge in [0, 0.05) is 30.9 Å². The van der Waals surface area contributed by atoms with Crippen molar-refractivity contribution < 1.29 is 17.9 Å². The topological polar surface area (TPSA) is 117 Å². The number of likely N-dealkylation sites (tertiary alicyclic amines) is 2. The Hall–Kier alpha value is -3.77. The van der Waals surface area contributed by atoms with E-state index >= 15 is 0 Å². The van der Waals surface area contributed by atoms with Crippen molar-refractivity contribution in [2.24, 2.45) is 0 Å². The Morgan fingerprint density at radius 1 is 0.977 bits per heavy atom. The van der Waals surface area contributed by atoms with Crippen molar-refractivity contribution in [1.82, 2.24) is 19.8 Å². The first kappa shape index (κ1) is 30.3. The third-order valence-electron chi connectivity index (χ3n) is 8.09. The van der Waals surface area contributed by atoms with Crippen LogP contribution in [0.4, 0.5) is 17.2 Å². The molecule has 230 valence electrons. The second-order valence-electron chi connectivity index (χ2n) is 11.3. The number of ether oxygens (including phenoxy) is 1. The van der Waals surface area contributed by atoms with Crippen molar-refractivity contribution in [2.45, 2.75) is 36.0 Å². The fourth-order valence-corrected chi connectivity index (χ4v) is 7.20. The molecule has 44 heavy (non-hydrogen) atoms. The number of fused-ring (bicyclic) bond motifs is 1. The Labute approximate surface area is 262 Å². The number of benzene rings is 3. The first-order valence-electron chi connectivity index (χ1n) is 14.7. The minimum absolute atomic E-state index is 0.0738. The van der Waals surface area contributed by atoms with Crippen LogP contribution in [0.3, 0.4) is 0 Å². The number of nitrogens with one attached hydrogen (secondary N) is 2. The molecule has 2 saturated heterocycles. The molecular formula is C32H35ClN6O4S. The standard InChI is InChI=1S/C32H35ClN6O4S/c1-43-24-12-13-26(33)29(17-24)37-32-30(35-27-10-3-4-11-28(27)36-32)21-44(41,42)25-9-7-8-22(16-25)34-31(40)20-38-18-23(19-38)39-14-5-2-6-15-39/h3-4,7-13,16-17,23H,2,5-6,14-15,18-21H2,1H3,(H,34,40)(H,36,37). The molecule has 1 aromatic heterocycles. The highest BCUT2D eigenvalue weighted by molar-refractivity contribution is 7.90. The third-order valence-corrected chi connectivity index (χ3v) is 10.0. The largest absolute Gasteiger partial charge is 0.497 e. The lowest BCUT2D eigenvalue weighted by Crippen LogP contribution is -2.61. The number of para-hydroxylation sites is 2. The van der Waals surface area contributed by atoms with E-state index in [1.165, 1.54) is 31.4 Å². The number of carbonyl (C=O) groups is 1. The number of hydrogen-bond donors (Lipinski definition) is 2. The van der Waals surface area contributed by atoms with Gasteiger partial charge in [0.05, 0.1) is 46.0 Å². The van der Waals surface area contributed by atoms with Crippen molar-refractivity contribution in [3.63, 3.8) is 0 Å². The number of rotatable bonds is 10. The zero-order valence-electron chi connectivity index (χ0n) is 24.5. The summed E-state index contributed by atoms with van der Waals surface area (Å²) in [5.41, 5.74) is 2.33. The number of sulfone groups is 1. The number of halogens is 1. The lowest BCUT2D eigenvalue weighted by Gasteiger charge is -2.46. The van der Waals surface area contributed by atoms with Crippen LogP contribution in [0.25, 0.3) is 11.0 Å². The molecule has 10 nitrogen and oxygen atoms in total. The molecule has 6 rings (SSSR count). The van der Waals surface area contributed by atoms with Gasteiger partial charge in [-0.15, -0.1) is 0 Å². The normalized spacial score (nSPS) is 16.4. The maximum absolute atomic E-state index is 13.7. The van der Waals surface area contributed by atoms with Crippen molar-refractivity contribution in [3.8, 4) is 5.75 Å².